The first-order valence-electron chi connectivity index (χ1n) is 4.97. The van der Waals surface area contributed by atoms with Gasteiger partial charge in [-0.15, -0.1) is 0 Å². The number of pyridine rings is 1. The zero-order valence-electron chi connectivity index (χ0n) is 9.02. The Morgan fingerprint density at radius 1 is 1.22 bits per heavy atom. The van der Waals surface area contributed by atoms with E-state index >= 15 is 0 Å². The lowest BCUT2D eigenvalue weighted by atomic mass is 10.2. The van der Waals surface area contributed by atoms with E-state index in [4.69, 9.17) is 28.3 Å². The van der Waals surface area contributed by atoms with Crippen molar-refractivity contribution in [2.45, 2.75) is 0 Å². The zero-order valence-corrected chi connectivity index (χ0v) is 10.5. The van der Waals surface area contributed by atoms with Gasteiger partial charge in [-0.3, -0.25) is 0 Å². The van der Waals surface area contributed by atoms with Crippen molar-refractivity contribution >= 4 is 40.7 Å². The van der Waals surface area contributed by atoms with Crippen molar-refractivity contribution in [2.75, 3.05) is 5.32 Å². The van der Waals surface area contributed by atoms with Gasteiger partial charge in [0.05, 0.1) is 16.3 Å². The second-order valence-electron chi connectivity index (χ2n) is 3.48. The molecule has 92 valence electrons. The van der Waals surface area contributed by atoms with Gasteiger partial charge in [-0.2, -0.15) is 0 Å². The fraction of sp³-hybridized carbons (Fsp3) is 0. The summed E-state index contributed by atoms with van der Waals surface area (Å²) in [6.45, 7) is 0. The van der Waals surface area contributed by atoms with Crippen LogP contribution in [0.4, 0.5) is 11.5 Å². The lowest BCUT2D eigenvalue weighted by Gasteiger charge is -2.08. The van der Waals surface area contributed by atoms with Gasteiger partial charge in [-0.1, -0.05) is 23.2 Å². The molecule has 1 aromatic carbocycles. The fourth-order valence-corrected chi connectivity index (χ4v) is 1.82. The van der Waals surface area contributed by atoms with E-state index in [1.54, 1.807) is 18.2 Å². The number of aromatic carboxylic acids is 1. The number of nitrogens with one attached hydrogen (secondary N) is 1. The van der Waals surface area contributed by atoms with Gasteiger partial charge in [0.15, 0.2) is 0 Å². The third-order valence-corrected chi connectivity index (χ3v) is 2.75. The van der Waals surface area contributed by atoms with Crippen molar-refractivity contribution in [1.82, 2.24) is 4.98 Å². The Morgan fingerprint density at radius 3 is 2.67 bits per heavy atom. The Bertz CT molecular complexity index is 602. The van der Waals surface area contributed by atoms with E-state index in [2.05, 4.69) is 10.3 Å². The molecule has 0 unspecified atom stereocenters. The highest BCUT2D eigenvalue weighted by molar-refractivity contribution is 6.36. The number of carboxylic acid groups (broad SMARTS) is 1. The first kappa shape index (κ1) is 12.7. The number of anilines is 2. The van der Waals surface area contributed by atoms with Crippen molar-refractivity contribution in [3.05, 3.63) is 52.1 Å². The molecule has 18 heavy (non-hydrogen) atoms. The maximum Gasteiger partial charge on any atom is 0.335 e. The minimum absolute atomic E-state index is 0.151. The SMILES string of the molecule is O=C(O)c1ccnc(Nc2ccc(Cl)cc2Cl)c1. The largest absolute Gasteiger partial charge is 0.478 e. The van der Waals surface area contributed by atoms with Crippen LogP contribution in [0.2, 0.25) is 10.0 Å². The van der Waals surface area contributed by atoms with Gasteiger partial charge >= 0.3 is 5.97 Å². The summed E-state index contributed by atoms with van der Waals surface area (Å²) in [5.74, 6) is -0.609. The average molecular weight is 283 g/mol. The number of nitrogens with zero attached hydrogens (tertiary/aromatic N) is 1. The predicted molar refractivity (Wildman–Crippen MR) is 70.9 cm³/mol. The highest BCUT2D eigenvalue weighted by Gasteiger charge is 2.06. The van der Waals surface area contributed by atoms with E-state index in [0.717, 1.165) is 0 Å². The molecule has 0 aliphatic carbocycles. The lowest BCUT2D eigenvalue weighted by Crippen LogP contribution is -2.00. The lowest BCUT2D eigenvalue weighted by molar-refractivity contribution is 0.0697. The van der Waals surface area contributed by atoms with E-state index < -0.39 is 5.97 Å². The Labute approximate surface area is 113 Å². The molecule has 0 saturated carbocycles. The van der Waals surface area contributed by atoms with Crippen LogP contribution in [0.15, 0.2) is 36.5 Å². The molecule has 0 amide bonds. The minimum atomic E-state index is -1.01. The fourth-order valence-electron chi connectivity index (χ4n) is 1.36. The van der Waals surface area contributed by atoms with Gasteiger partial charge in [0.1, 0.15) is 5.82 Å². The van der Waals surface area contributed by atoms with Crippen LogP contribution in [0.1, 0.15) is 10.4 Å². The zero-order chi connectivity index (χ0) is 13.1. The molecule has 2 aromatic rings. The van der Waals surface area contributed by atoms with E-state index in [-0.39, 0.29) is 5.56 Å². The van der Waals surface area contributed by atoms with E-state index in [9.17, 15) is 4.79 Å². The predicted octanol–water partition coefficient (Wildman–Crippen LogP) is 3.83. The molecule has 0 spiro atoms. The van der Waals surface area contributed by atoms with E-state index in [0.29, 0.717) is 21.6 Å². The molecular formula is C12H8Cl2N2O2. The number of carbonyl (C=O) groups is 1. The van der Waals surface area contributed by atoms with Crippen LogP contribution in [0.25, 0.3) is 0 Å². The number of benzene rings is 1. The van der Waals surface area contributed by atoms with Crippen LogP contribution < -0.4 is 5.32 Å². The van der Waals surface area contributed by atoms with Crippen LogP contribution in [-0.2, 0) is 0 Å². The number of carboxylic acids is 1. The third-order valence-electron chi connectivity index (χ3n) is 2.20. The van der Waals surface area contributed by atoms with Crippen molar-refractivity contribution in [2.24, 2.45) is 0 Å². The molecular weight excluding hydrogens is 275 g/mol. The maximum atomic E-state index is 10.8. The highest BCUT2D eigenvalue weighted by Crippen LogP contribution is 2.27. The minimum Gasteiger partial charge on any atom is -0.478 e. The number of rotatable bonds is 3. The second kappa shape index (κ2) is 5.25. The summed E-state index contributed by atoms with van der Waals surface area (Å²) in [7, 11) is 0. The molecule has 2 N–H and O–H groups in total. The van der Waals surface area contributed by atoms with Gasteiger partial charge in [-0.25, -0.2) is 9.78 Å². The first-order valence-corrected chi connectivity index (χ1v) is 5.73. The molecule has 0 radical (unpaired) electrons. The van der Waals surface area contributed by atoms with Gasteiger partial charge in [0, 0.05) is 11.2 Å². The van der Waals surface area contributed by atoms with Crippen molar-refractivity contribution < 1.29 is 9.90 Å². The van der Waals surface area contributed by atoms with Crippen molar-refractivity contribution in [3.63, 3.8) is 0 Å². The Morgan fingerprint density at radius 2 is 2.00 bits per heavy atom. The van der Waals surface area contributed by atoms with Gasteiger partial charge in [0.25, 0.3) is 0 Å². The summed E-state index contributed by atoms with van der Waals surface area (Å²) in [5, 5.41) is 12.8. The smallest absolute Gasteiger partial charge is 0.335 e. The standard InChI is InChI=1S/C12H8Cl2N2O2/c13-8-1-2-10(9(14)6-8)16-11-5-7(12(17)18)3-4-15-11/h1-6H,(H,15,16)(H,17,18). The van der Waals surface area contributed by atoms with Crippen LogP contribution >= 0.6 is 23.2 Å². The molecule has 0 fully saturated rings. The monoisotopic (exact) mass is 282 g/mol. The summed E-state index contributed by atoms with van der Waals surface area (Å²) >= 11 is 11.8. The topological polar surface area (TPSA) is 62.2 Å². The van der Waals surface area contributed by atoms with Crippen LogP contribution in [0.5, 0.6) is 0 Å². The maximum absolute atomic E-state index is 10.8. The van der Waals surface area contributed by atoms with E-state index in [1.807, 2.05) is 0 Å². The Kier molecular flexibility index (Phi) is 3.69. The molecule has 0 atom stereocenters. The number of hydrogen-bond donors (Lipinski definition) is 2. The third kappa shape index (κ3) is 2.91. The number of aromatic nitrogens is 1. The van der Waals surface area contributed by atoms with Gasteiger partial charge < -0.3 is 10.4 Å². The Balaban J connectivity index is 2.28. The first-order chi connectivity index (χ1) is 8.56. The van der Waals surface area contributed by atoms with Crippen LogP contribution in [0.3, 0.4) is 0 Å². The van der Waals surface area contributed by atoms with Crippen LogP contribution in [0, 0.1) is 0 Å². The van der Waals surface area contributed by atoms with Gasteiger partial charge in [0.2, 0.25) is 0 Å². The summed E-state index contributed by atoms with van der Waals surface area (Å²) in [4.78, 5) is 14.8. The molecule has 6 heteroatoms. The number of hydrogen-bond acceptors (Lipinski definition) is 3. The van der Waals surface area contributed by atoms with Crippen LogP contribution in [-0.4, -0.2) is 16.1 Å². The Hall–Kier alpha value is -1.78. The average Bonchev–Trinajstić information content (AvgIpc) is 2.33. The van der Waals surface area contributed by atoms with Crippen molar-refractivity contribution in [3.8, 4) is 0 Å². The molecule has 0 saturated heterocycles. The second-order valence-corrected chi connectivity index (χ2v) is 4.33. The summed E-state index contributed by atoms with van der Waals surface area (Å²) in [6, 6.07) is 7.80. The highest BCUT2D eigenvalue weighted by atomic mass is 35.5. The summed E-state index contributed by atoms with van der Waals surface area (Å²) in [6.07, 6.45) is 1.41. The van der Waals surface area contributed by atoms with Gasteiger partial charge in [-0.05, 0) is 30.3 Å². The van der Waals surface area contributed by atoms with E-state index in [1.165, 1.54) is 18.3 Å². The summed E-state index contributed by atoms with van der Waals surface area (Å²) < 4.78 is 0. The molecule has 1 heterocycles. The number of halogens is 2. The molecule has 0 aliphatic rings. The molecule has 0 aliphatic heterocycles. The van der Waals surface area contributed by atoms with Crippen molar-refractivity contribution in [1.29, 1.82) is 0 Å². The molecule has 2 rings (SSSR count). The molecule has 1 aromatic heterocycles. The normalized spacial score (nSPS) is 10.1. The summed E-state index contributed by atoms with van der Waals surface area (Å²) in [5.41, 5.74) is 0.758. The molecule has 4 nitrogen and oxygen atoms in total. The quantitative estimate of drug-likeness (QED) is 0.898. The molecule has 0 bridgehead atoms.